The van der Waals surface area contributed by atoms with Gasteiger partial charge in [-0.2, -0.15) is 0 Å². The Balaban J connectivity index is 1.50. The highest BCUT2D eigenvalue weighted by Crippen LogP contribution is 2.45. The first-order valence-corrected chi connectivity index (χ1v) is 15.6. The quantitative estimate of drug-likeness (QED) is 0.0741. The Bertz CT molecular complexity index is 1510. The van der Waals surface area contributed by atoms with Crippen LogP contribution in [0.2, 0.25) is 0 Å². The molecule has 0 aromatic heterocycles. The summed E-state index contributed by atoms with van der Waals surface area (Å²) in [5, 5.41) is 13.0. The summed E-state index contributed by atoms with van der Waals surface area (Å²) in [4.78, 5) is 24.7. The smallest absolute Gasteiger partial charge is 0.266 e. The van der Waals surface area contributed by atoms with Gasteiger partial charge in [-0.15, -0.1) is 0 Å². The number of aliphatic imine (C=N–C) groups is 1. The number of ether oxygens (including phenoxy) is 3. The minimum absolute atomic E-state index is 0.0476. The number of azide groups is 1. The van der Waals surface area contributed by atoms with E-state index in [1.807, 2.05) is 42.5 Å². The largest absolute Gasteiger partial charge is 0.494 e. The number of nitrogens with one attached hydrogen (secondary N) is 2. The van der Waals surface area contributed by atoms with E-state index in [1.165, 1.54) is 0 Å². The Morgan fingerprint density at radius 1 is 1.13 bits per heavy atom. The first-order chi connectivity index (χ1) is 22.0. The van der Waals surface area contributed by atoms with Crippen LogP contribution in [0.1, 0.15) is 29.2 Å². The minimum Gasteiger partial charge on any atom is -0.494 e. The first kappa shape index (κ1) is 32.4. The molecule has 45 heavy (non-hydrogen) atoms. The monoisotopic (exact) mass is 677 g/mol. The highest BCUT2D eigenvalue weighted by molar-refractivity contribution is 9.10. The van der Waals surface area contributed by atoms with Crippen molar-refractivity contribution in [3.05, 3.63) is 104 Å². The molecule has 0 unspecified atom stereocenters. The fourth-order valence-electron chi connectivity index (χ4n) is 5.31. The van der Waals surface area contributed by atoms with E-state index in [4.69, 9.17) is 24.3 Å². The molecule has 12 nitrogen and oxygen atoms in total. The molecule has 0 aliphatic carbocycles. The van der Waals surface area contributed by atoms with E-state index in [-0.39, 0.29) is 24.8 Å². The molecule has 1 amide bonds. The summed E-state index contributed by atoms with van der Waals surface area (Å²) in [5.74, 6) is 0.532. The van der Waals surface area contributed by atoms with Gasteiger partial charge < -0.3 is 19.3 Å². The number of morpholine rings is 1. The van der Waals surface area contributed by atoms with Crippen molar-refractivity contribution < 1.29 is 24.1 Å². The molecule has 0 spiro atoms. The van der Waals surface area contributed by atoms with E-state index in [0.29, 0.717) is 55.4 Å². The van der Waals surface area contributed by atoms with Gasteiger partial charge in [0.25, 0.3) is 5.91 Å². The number of halogens is 1. The highest BCUT2D eigenvalue weighted by atomic mass is 79.9. The molecule has 5 rings (SSSR count). The number of rotatable bonds is 14. The molecule has 0 radical (unpaired) electrons. The van der Waals surface area contributed by atoms with Crippen LogP contribution in [0.4, 0.5) is 5.69 Å². The van der Waals surface area contributed by atoms with Gasteiger partial charge in [-0.3, -0.25) is 15.1 Å². The van der Waals surface area contributed by atoms with Crippen molar-refractivity contribution in [1.82, 2.24) is 15.8 Å². The van der Waals surface area contributed by atoms with Crippen molar-refractivity contribution in [2.45, 2.75) is 24.5 Å². The van der Waals surface area contributed by atoms with Gasteiger partial charge in [-0.05, 0) is 47.5 Å². The topological polar surface area (TPSA) is 153 Å². The number of amides is 1. The number of hydrogen-bond acceptors (Lipinski definition) is 9. The molecular formula is C32H36BrN7O5. The molecule has 2 heterocycles. The maximum atomic E-state index is 14.4. The van der Waals surface area contributed by atoms with Crippen LogP contribution < -0.4 is 15.6 Å². The molecule has 1 saturated heterocycles. The van der Waals surface area contributed by atoms with Crippen LogP contribution in [-0.4, -0.2) is 80.0 Å². The average molecular weight is 679 g/mol. The van der Waals surface area contributed by atoms with Gasteiger partial charge in [0.1, 0.15) is 5.75 Å². The van der Waals surface area contributed by atoms with Gasteiger partial charge in [-0.1, -0.05) is 57.4 Å². The highest BCUT2D eigenvalue weighted by Gasteiger charge is 2.54. The zero-order valence-electron chi connectivity index (χ0n) is 24.8. The number of nitrogens with zero attached hydrogens (tertiary/aromatic N) is 5. The number of benzene rings is 3. The zero-order valence-corrected chi connectivity index (χ0v) is 26.4. The molecule has 1 fully saturated rings. The Labute approximate surface area is 270 Å². The normalized spacial score (nSPS) is 19.7. The van der Waals surface area contributed by atoms with Crippen LogP contribution in [0.3, 0.4) is 0 Å². The number of carbonyl (C=O) groups excluding carboxylic acids is 1. The maximum absolute atomic E-state index is 14.4. The van der Waals surface area contributed by atoms with Gasteiger partial charge >= 0.3 is 0 Å². The Morgan fingerprint density at radius 3 is 2.62 bits per heavy atom. The van der Waals surface area contributed by atoms with Crippen molar-refractivity contribution in [3.63, 3.8) is 0 Å². The number of aliphatic hydroxyl groups is 1. The van der Waals surface area contributed by atoms with Crippen molar-refractivity contribution >= 4 is 33.4 Å². The van der Waals surface area contributed by atoms with E-state index in [2.05, 4.69) is 41.7 Å². The molecule has 0 bridgehead atoms. The first-order valence-electron chi connectivity index (χ1n) is 14.8. The molecule has 2 atom stereocenters. The van der Waals surface area contributed by atoms with Crippen molar-refractivity contribution in [2.24, 2.45) is 10.1 Å². The molecule has 236 valence electrons. The summed E-state index contributed by atoms with van der Waals surface area (Å²) in [7, 11) is 0. The number of aliphatic hydroxyl groups excluding tert-OH is 1. The predicted molar refractivity (Wildman–Crippen MR) is 173 cm³/mol. The Kier molecular flexibility index (Phi) is 11.4. The van der Waals surface area contributed by atoms with Gasteiger partial charge in [-0.25, -0.2) is 10.4 Å². The van der Waals surface area contributed by atoms with E-state index >= 15 is 0 Å². The lowest BCUT2D eigenvalue weighted by Crippen LogP contribution is -2.55. The van der Waals surface area contributed by atoms with Crippen LogP contribution in [0.5, 0.6) is 5.75 Å². The summed E-state index contributed by atoms with van der Waals surface area (Å²) in [6, 6.07) is 22.0. The van der Waals surface area contributed by atoms with Crippen LogP contribution in [-0.2, 0) is 20.7 Å². The summed E-state index contributed by atoms with van der Waals surface area (Å²) >= 11 is 3.49. The third kappa shape index (κ3) is 8.20. The minimum atomic E-state index is -1.47. The average Bonchev–Trinajstić information content (AvgIpc) is 3.45. The number of carbonyl (C=O) groups is 1. The Morgan fingerprint density at radius 2 is 1.89 bits per heavy atom. The van der Waals surface area contributed by atoms with Crippen LogP contribution >= 0.6 is 15.9 Å². The molecule has 3 N–H and O–H groups in total. The molecule has 2 aliphatic heterocycles. The van der Waals surface area contributed by atoms with E-state index in [0.717, 1.165) is 29.7 Å². The third-order valence-electron chi connectivity index (χ3n) is 7.65. The standard InChI is InChI=1S/C32H36BrN7O5/c33-25-10-6-23(7-11-25)22-32(31(42)38-35-14-15-40-16-20-43-21-17-40)29(27-4-1-2-5-28(27)37-39-34)45-30(36-32)24-8-12-26(13-9-24)44-19-3-18-41/h1-2,4-13,29,35,41H,3,14-22H2,(H,38,42)/t29-,32-/m0/s1. The lowest BCUT2D eigenvalue weighted by molar-refractivity contribution is -0.130. The summed E-state index contributed by atoms with van der Waals surface area (Å²) < 4.78 is 18.6. The van der Waals surface area contributed by atoms with Gasteiger partial charge in [0, 0.05) is 71.8 Å². The van der Waals surface area contributed by atoms with Gasteiger partial charge in [0.2, 0.25) is 5.90 Å². The summed E-state index contributed by atoms with van der Waals surface area (Å²) in [6.45, 7) is 4.77. The fraction of sp³-hybridized carbons (Fsp3) is 0.375. The second-order valence-corrected chi connectivity index (χ2v) is 11.6. The molecule has 13 heteroatoms. The fourth-order valence-corrected chi connectivity index (χ4v) is 5.58. The molecule has 2 aliphatic rings. The van der Waals surface area contributed by atoms with Crippen LogP contribution in [0.25, 0.3) is 10.4 Å². The van der Waals surface area contributed by atoms with Gasteiger partial charge in [0.05, 0.1) is 19.8 Å². The summed E-state index contributed by atoms with van der Waals surface area (Å²) in [6.07, 6.45) is -0.185. The third-order valence-corrected chi connectivity index (χ3v) is 8.18. The van der Waals surface area contributed by atoms with E-state index in [1.54, 1.807) is 30.3 Å². The van der Waals surface area contributed by atoms with Gasteiger partial charge in [0.15, 0.2) is 11.6 Å². The number of hydrazine groups is 1. The summed E-state index contributed by atoms with van der Waals surface area (Å²) in [5.41, 5.74) is 16.3. The Hall–Kier alpha value is -3.97. The number of hydrogen-bond donors (Lipinski definition) is 3. The molecule has 0 saturated carbocycles. The zero-order chi connectivity index (χ0) is 31.5. The van der Waals surface area contributed by atoms with Crippen LogP contribution in [0.15, 0.2) is 87.4 Å². The lowest BCUT2D eigenvalue weighted by Gasteiger charge is -2.32. The lowest BCUT2D eigenvalue weighted by atomic mass is 9.81. The second kappa shape index (κ2) is 15.8. The molecule has 3 aromatic carbocycles. The van der Waals surface area contributed by atoms with E-state index < -0.39 is 11.6 Å². The van der Waals surface area contributed by atoms with Crippen molar-refractivity contribution in [2.75, 3.05) is 52.6 Å². The predicted octanol–water partition coefficient (Wildman–Crippen LogP) is 4.60. The maximum Gasteiger partial charge on any atom is 0.266 e. The van der Waals surface area contributed by atoms with Crippen LogP contribution in [0, 0.1) is 0 Å². The molecular weight excluding hydrogens is 642 g/mol. The van der Waals surface area contributed by atoms with Crippen molar-refractivity contribution in [1.29, 1.82) is 0 Å². The SMILES string of the molecule is [N-]=[N+]=Nc1ccccc1[C@@H]1OC(c2ccc(OCCCO)cc2)=N[C@]1(Cc1ccc(Br)cc1)C(=O)NNCCN1CCOCC1. The molecule has 3 aromatic rings. The van der Waals surface area contributed by atoms with E-state index in [9.17, 15) is 10.3 Å². The second-order valence-electron chi connectivity index (χ2n) is 10.7. The van der Waals surface area contributed by atoms with Crippen molar-refractivity contribution in [3.8, 4) is 5.75 Å².